The second-order valence-corrected chi connectivity index (χ2v) is 10.9. The van der Waals surface area contributed by atoms with Crippen molar-refractivity contribution in [2.24, 2.45) is 12.0 Å². The minimum Gasteiger partial charge on any atom is -0.493 e. The van der Waals surface area contributed by atoms with Crippen LogP contribution in [0.25, 0.3) is 10.2 Å². The summed E-state index contributed by atoms with van der Waals surface area (Å²) in [4.78, 5) is 17.8. The molecule has 0 fully saturated rings. The van der Waals surface area contributed by atoms with Gasteiger partial charge >= 0.3 is 0 Å². The Morgan fingerprint density at radius 1 is 1.00 bits per heavy atom. The minimum atomic E-state index is -3.73. The van der Waals surface area contributed by atoms with Crippen molar-refractivity contribution in [3.05, 3.63) is 76.6 Å². The van der Waals surface area contributed by atoms with Crippen LogP contribution in [0.4, 0.5) is 5.69 Å². The number of fused-ring (bicyclic) bond motifs is 2. The summed E-state index contributed by atoms with van der Waals surface area (Å²) in [5, 5.41) is 0. The fourth-order valence-electron chi connectivity index (χ4n) is 4.17. The van der Waals surface area contributed by atoms with Gasteiger partial charge in [0.15, 0.2) is 16.3 Å². The molecule has 0 atom stereocenters. The molecule has 8 nitrogen and oxygen atoms in total. The van der Waals surface area contributed by atoms with Crippen LogP contribution in [0.5, 0.6) is 11.5 Å². The summed E-state index contributed by atoms with van der Waals surface area (Å²) in [5.74, 6) is 0.724. The van der Waals surface area contributed by atoms with E-state index in [9.17, 15) is 13.2 Å². The van der Waals surface area contributed by atoms with Gasteiger partial charge in [0.05, 0.1) is 35.0 Å². The highest BCUT2D eigenvalue weighted by Gasteiger charge is 2.30. The average molecular weight is 510 g/mol. The highest BCUT2D eigenvalue weighted by atomic mass is 32.2. The van der Waals surface area contributed by atoms with Gasteiger partial charge in [-0.1, -0.05) is 29.5 Å². The third-order valence-electron chi connectivity index (χ3n) is 6.05. The van der Waals surface area contributed by atoms with Gasteiger partial charge in [-0.05, 0) is 42.3 Å². The number of benzene rings is 3. The van der Waals surface area contributed by atoms with Crippen molar-refractivity contribution in [1.29, 1.82) is 0 Å². The van der Waals surface area contributed by atoms with Crippen LogP contribution in [0.15, 0.2) is 70.6 Å². The van der Waals surface area contributed by atoms with Crippen LogP contribution in [-0.2, 0) is 23.5 Å². The van der Waals surface area contributed by atoms with Crippen molar-refractivity contribution < 1.29 is 22.7 Å². The molecule has 0 aliphatic carbocycles. The monoisotopic (exact) mass is 509 g/mol. The number of amides is 1. The van der Waals surface area contributed by atoms with Crippen molar-refractivity contribution in [3.63, 3.8) is 0 Å². The summed E-state index contributed by atoms with van der Waals surface area (Å²) in [7, 11) is 1.23. The molecule has 0 unspecified atom stereocenters. The van der Waals surface area contributed by atoms with E-state index in [1.165, 1.54) is 39.9 Å². The fraction of sp³-hybridized carbons (Fsp3) is 0.200. The third-order valence-corrected chi connectivity index (χ3v) is 8.97. The molecule has 3 aromatic carbocycles. The maximum Gasteiger partial charge on any atom is 0.279 e. The molecule has 0 spiro atoms. The number of methoxy groups -OCH3 is 2. The van der Waals surface area contributed by atoms with Gasteiger partial charge < -0.3 is 14.0 Å². The summed E-state index contributed by atoms with van der Waals surface area (Å²) < 4.78 is 41.3. The number of ether oxygens (including phenoxy) is 2. The zero-order chi connectivity index (χ0) is 24.7. The van der Waals surface area contributed by atoms with Crippen LogP contribution >= 0.6 is 11.3 Å². The second kappa shape index (κ2) is 8.86. The maximum absolute atomic E-state index is 13.2. The van der Waals surface area contributed by atoms with Gasteiger partial charge in [0, 0.05) is 31.3 Å². The molecule has 0 N–H and O–H groups in total. The quantitative estimate of drug-likeness (QED) is 0.409. The molecular formula is C25H23N3O5S2. The lowest BCUT2D eigenvalue weighted by molar-refractivity contribution is 0.0998. The number of carbonyl (C=O) groups is 1. The predicted octanol–water partition coefficient (Wildman–Crippen LogP) is 3.75. The largest absolute Gasteiger partial charge is 0.493 e. The van der Waals surface area contributed by atoms with Crippen molar-refractivity contribution in [2.45, 2.75) is 11.3 Å². The molecule has 4 aromatic rings. The molecule has 0 saturated carbocycles. The summed E-state index contributed by atoms with van der Waals surface area (Å²) in [6, 6.07) is 17.1. The summed E-state index contributed by atoms with van der Waals surface area (Å²) >= 11 is 1.35. The SMILES string of the molecule is COc1cc2sc(=NC(=O)c3ccc(S(=O)(=O)N4CCc5ccccc54)cc3)n(C)c2cc1OC. The van der Waals surface area contributed by atoms with Crippen LogP contribution in [0.2, 0.25) is 0 Å². The van der Waals surface area contributed by atoms with Crippen molar-refractivity contribution in [2.75, 3.05) is 25.1 Å². The summed E-state index contributed by atoms with van der Waals surface area (Å²) in [6.07, 6.45) is 0.675. The van der Waals surface area contributed by atoms with Crippen LogP contribution in [-0.4, -0.2) is 39.7 Å². The Bertz CT molecular complexity index is 1620. The van der Waals surface area contributed by atoms with Crippen LogP contribution in [0.3, 0.4) is 0 Å². The van der Waals surface area contributed by atoms with E-state index in [-0.39, 0.29) is 4.90 Å². The van der Waals surface area contributed by atoms with E-state index in [2.05, 4.69) is 4.99 Å². The number of carbonyl (C=O) groups excluding carboxylic acids is 1. The Morgan fingerprint density at radius 3 is 2.40 bits per heavy atom. The summed E-state index contributed by atoms with van der Waals surface area (Å²) in [6.45, 7) is 0.399. The van der Waals surface area contributed by atoms with Crippen molar-refractivity contribution in [3.8, 4) is 11.5 Å². The van der Waals surface area contributed by atoms with E-state index in [0.717, 1.165) is 15.8 Å². The second-order valence-electron chi connectivity index (χ2n) is 8.02. The molecule has 1 aliphatic rings. The minimum absolute atomic E-state index is 0.136. The Hall–Kier alpha value is -3.63. The van der Waals surface area contributed by atoms with Gasteiger partial charge in [0.25, 0.3) is 15.9 Å². The first kappa shape index (κ1) is 23.1. The average Bonchev–Trinajstić information content (AvgIpc) is 3.44. The van der Waals surface area contributed by atoms with E-state index in [1.807, 2.05) is 48.0 Å². The lowest BCUT2D eigenvalue weighted by Gasteiger charge is -2.19. The number of anilines is 1. The number of aromatic nitrogens is 1. The van der Waals surface area contributed by atoms with Gasteiger partial charge in [-0.15, -0.1) is 0 Å². The summed E-state index contributed by atoms with van der Waals surface area (Å²) in [5.41, 5.74) is 2.87. The highest BCUT2D eigenvalue weighted by molar-refractivity contribution is 7.92. The number of hydrogen-bond acceptors (Lipinski definition) is 6. The zero-order valence-corrected chi connectivity index (χ0v) is 21.0. The molecule has 5 rings (SSSR count). The zero-order valence-electron chi connectivity index (χ0n) is 19.4. The van der Waals surface area contributed by atoms with Crippen LogP contribution in [0.1, 0.15) is 15.9 Å². The van der Waals surface area contributed by atoms with Gasteiger partial charge in [-0.3, -0.25) is 9.10 Å². The predicted molar refractivity (Wildman–Crippen MR) is 135 cm³/mol. The van der Waals surface area contributed by atoms with E-state index < -0.39 is 15.9 Å². The highest BCUT2D eigenvalue weighted by Crippen LogP contribution is 2.34. The fourth-order valence-corrected chi connectivity index (χ4v) is 6.70. The molecule has 0 saturated heterocycles. The normalized spacial score (nSPS) is 13.8. The first-order chi connectivity index (χ1) is 16.8. The number of para-hydroxylation sites is 1. The number of thiazole rings is 1. The molecule has 1 amide bonds. The number of rotatable bonds is 5. The Labute approximate surface area is 206 Å². The number of hydrogen-bond donors (Lipinski definition) is 0. The molecule has 2 heterocycles. The van der Waals surface area contributed by atoms with Crippen LogP contribution in [0, 0.1) is 0 Å². The molecule has 1 aromatic heterocycles. The van der Waals surface area contributed by atoms with Gasteiger partial charge in [0.2, 0.25) is 0 Å². The lowest BCUT2D eigenvalue weighted by atomic mass is 10.2. The Morgan fingerprint density at radius 2 is 1.69 bits per heavy atom. The maximum atomic E-state index is 13.2. The number of aryl methyl sites for hydroxylation is 1. The van der Waals surface area contributed by atoms with E-state index in [4.69, 9.17) is 9.47 Å². The van der Waals surface area contributed by atoms with Crippen LogP contribution < -0.4 is 18.6 Å². The molecule has 0 bridgehead atoms. The Balaban J connectivity index is 1.45. The van der Waals surface area contributed by atoms with Crippen molar-refractivity contribution >= 4 is 43.2 Å². The van der Waals surface area contributed by atoms with E-state index in [1.54, 1.807) is 14.2 Å². The first-order valence-corrected chi connectivity index (χ1v) is 13.1. The Kier molecular flexibility index (Phi) is 5.86. The molecule has 180 valence electrons. The number of sulfonamides is 1. The molecule has 1 aliphatic heterocycles. The van der Waals surface area contributed by atoms with Gasteiger partial charge in [-0.2, -0.15) is 4.99 Å². The molecule has 10 heteroatoms. The first-order valence-electron chi connectivity index (χ1n) is 10.8. The topological polar surface area (TPSA) is 90.2 Å². The van der Waals surface area contributed by atoms with E-state index >= 15 is 0 Å². The smallest absolute Gasteiger partial charge is 0.279 e. The lowest BCUT2D eigenvalue weighted by Crippen LogP contribution is -2.29. The standard InChI is InChI=1S/C25H23N3O5S2/c1-27-20-14-21(32-2)22(33-3)15-23(20)34-25(27)26-24(29)17-8-10-18(11-9-17)35(30,31)28-13-12-16-6-4-5-7-19(16)28/h4-11,14-15H,12-13H2,1-3H3. The van der Waals surface area contributed by atoms with Crippen molar-refractivity contribution in [1.82, 2.24) is 4.57 Å². The molecule has 35 heavy (non-hydrogen) atoms. The van der Waals surface area contributed by atoms with E-state index in [0.29, 0.717) is 40.5 Å². The number of nitrogens with zero attached hydrogens (tertiary/aromatic N) is 3. The third kappa shape index (κ3) is 3.98. The van der Waals surface area contributed by atoms with Gasteiger partial charge in [-0.25, -0.2) is 8.42 Å². The molecular weight excluding hydrogens is 486 g/mol. The molecule has 0 radical (unpaired) electrons. The van der Waals surface area contributed by atoms with Gasteiger partial charge in [0.1, 0.15) is 0 Å².